The van der Waals surface area contributed by atoms with Crippen molar-refractivity contribution < 1.29 is 35.9 Å². The summed E-state index contributed by atoms with van der Waals surface area (Å²) in [5.41, 5.74) is 0.973. The maximum atomic E-state index is 12.1. The number of benzene rings is 1. The molecule has 0 heterocycles. The Bertz CT molecular complexity index is 746. The molecule has 0 aliphatic rings. The first-order chi connectivity index (χ1) is 12.4. The van der Waals surface area contributed by atoms with Gasteiger partial charge in [0.2, 0.25) is 10.0 Å². The Morgan fingerprint density at radius 2 is 1.74 bits per heavy atom. The fourth-order valence-corrected chi connectivity index (χ4v) is 2.90. The van der Waals surface area contributed by atoms with Crippen LogP contribution in [0.5, 0.6) is 0 Å². The van der Waals surface area contributed by atoms with E-state index in [-0.39, 0.29) is 23.8 Å². The molecule has 0 unspecified atom stereocenters. The van der Waals surface area contributed by atoms with Crippen molar-refractivity contribution in [3.63, 3.8) is 0 Å². The number of amides is 1. The smallest absolute Gasteiger partial charge is 0.405 e. The maximum absolute atomic E-state index is 12.1. The van der Waals surface area contributed by atoms with E-state index in [0.29, 0.717) is 0 Å². The van der Waals surface area contributed by atoms with Gasteiger partial charge in [-0.2, -0.15) is 13.2 Å². The molecule has 1 amide bonds. The highest BCUT2D eigenvalue weighted by Crippen LogP contribution is 2.17. The predicted molar refractivity (Wildman–Crippen MR) is 90.4 cm³/mol. The molecule has 27 heavy (non-hydrogen) atoms. The van der Waals surface area contributed by atoms with E-state index in [4.69, 9.17) is 0 Å². The van der Waals surface area contributed by atoms with Gasteiger partial charge in [0.1, 0.15) is 6.54 Å². The van der Waals surface area contributed by atoms with Crippen LogP contribution in [0, 0.1) is 0 Å². The summed E-state index contributed by atoms with van der Waals surface area (Å²) in [5, 5.41) is 1.54. The molecule has 0 radical (unpaired) electrons. The fourth-order valence-electron chi connectivity index (χ4n) is 1.87. The summed E-state index contributed by atoms with van der Waals surface area (Å²) in [6, 6.07) is 6.27. The summed E-state index contributed by atoms with van der Waals surface area (Å²) in [6.45, 7) is 1.25. The number of halogens is 3. The van der Waals surface area contributed by atoms with Crippen LogP contribution in [0.1, 0.15) is 31.7 Å². The number of hydrogen-bond donors (Lipinski definition) is 2. The molecule has 11 heteroatoms. The minimum atomic E-state index is -4.56. The van der Waals surface area contributed by atoms with Crippen LogP contribution in [-0.2, 0) is 24.3 Å². The van der Waals surface area contributed by atoms with E-state index in [2.05, 4.69) is 9.46 Å². The molecule has 0 bridgehead atoms. The minimum absolute atomic E-state index is 0.0341. The van der Waals surface area contributed by atoms with E-state index in [0.717, 1.165) is 5.56 Å². The summed E-state index contributed by atoms with van der Waals surface area (Å²) in [6.07, 6.45) is -4.94. The molecule has 0 aliphatic heterocycles. The molecule has 0 aromatic heterocycles. The van der Waals surface area contributed by atoms with Crippen molar-refractivity contribution >= 4 is 21.9 Å². The molecule has 1 aromatic carbocycles. The van der Waals surface area contributed by atoms with E-state index in [1.165, 1.54) is 17.4 Å². The summed E-state index contributed by atoms with van der Waals surface area (Å²) < 4.78 is 66.6. The first kappa shape index (κ1) is 22.9. The zero-order valence-electron chi connectivity index (χ0n) is 14.8. The minimum Gasteiger partial charge on any atom is -0.456 e. The Balaban J connectivity index is 2.38. The van der Waals surface area contributed by atoms with Crippen molar-refractivity contribution in [2.24, 2.45) is 0 Å². The van der Waals surface area contributed by atoms with Gasteiger partial charge < -0.3 is 10.1 Å². The molecule has 0 aliphatic carbocycles. The van der Waals surface area contributed by atoms with Gasteiger partial charge in [-0.15, -0.1) is 0 Å². The number of hydrogen-bond acceptors (Lipinski definition) is 5. The average Bonchev–Trinajstić information content (AvgIpc) is 2.57. The van der Waals surface area contributed by atoms with Crippen molar-refractivity contribution in [2.45, 2.75) is 37.3 Å². The van der Waals surface area contributed by atoms with Crippen molar-refractivity contribution in [3.8, 4) is 0 Å². The second-order valence-electron chi connectivity index (χ2n) is 5.92. The van der Waals surface area contributed by atoms with Gasteiger partial charge >= 0.3 is 12.1 Å². The van der Waals surface area contributed by atoms with E-state index in [1.54, 1.807) is 12.1 Å². The number of carbonyl (C=O) groups excluding carboxylic acids is 2. The predicted octanol–water partition coefficient (Wildman–Crippen LogP) is 1.70. The normalized spacial score (nSPS) is 12.1. The van der Waals surface area contributed by atoms with E-state index >= 15 is 0 Å². The number of rotatable bonds is 9. The van der Waals surface area contributed by atoms with Crippen molar-refractivity contribution in [1.82, 2.24) is 10.0 Å². The lowest BCUT2D eigenvalue weighted by Gasteiger charge is -2.10. The number of alkyl halides is 3. The molecule has 0 saturated carbocycles. The Morgan fingerprint density at radius 3 is 2.26 bits per heavy atom. The molecule has 0 atom stereocenters. The number of ether oxygens (including phenoxy) is 1. The number of nitrogens with one attached hydrogen (secondary N) is 2. The first-order valence-electron chi connectivity index (χ1n) is 7.99. The van der Waals surface area contributed by atoms with Crippen LogP contribution in [0.2, 0.25) is 0 Å². The van der Waals surface area contributed by atoms with Crippen LogP contribution in [0.3, 0.4) is 0 Å². The highest BCUT2D eigenvalue weighted by Gasteiger charge is 2.27. The fraction of sp³-hybridized carbons (Fsp3) is 0.500. The van der Waals surface area contributed by atoms with Crippen LogP contribution in [0.15, 0.2) is 29.2 Å². The number of esters is 1. The lowest BCUT2D eigenvalue weighted by Crippen LogP contribution is -2.36. The van der Waals surface area contributed by atoms with Gasteiger partial charge in [0.05, 0.1) is 11.3 Å². The largest absolute Gasteiger partial charge is 0.456 e. The quantitative estimate of drug-likeness (QED) is 0.604. The summed E-state index contributed by atoms with van der Waals surface area (Å²) in [5.74, 6) is -1.78. The van der Waals surface area contributed by atoms with Crippen LogP contribution in [0.25, 0.3) is 0 Å². The average molecular weight is 410 g/mol. The highest BCUT2D eigenvalue weighted by atomic mass is 32.2. The van der Waals surface area contributed by atoms with Crippen LogP contribution in [-0.4, -0.2) is 46.2 Å². The number of carbonyl (C=O) groups is 2. The van der Waals surface area contributed by atoms with Gasteiger partial charge in [-0.3, -0.25) is 9.59 Å². The lowest BCUT2D eigenvalue weighted by atomic mass is 10.0. The molecule has 1 rings (SSSR count). The second kappa shape index (κ2) is 9.70. The van der Waals surface area contributed by atoms with Crippen molar-refractivity contribution in [2.75, 3.05) is 19.7 Å². The Morgan fingerprint density at radius 1 is 1.15 bits per heavy atom. The van der Waals surface area contributed by atoms with Gasteiger partial charge in [0.25, 0.3) is 5.91 Å². The van der Waals surface area contributed by atoms with E-state index < -0.39 is 41.2 Å². The monoisotopic (exact) mass is 410 g/mol. The van der Waals surface area contributed by atoms with Gasteiger partial charge in [-0.25, -0.2) is 13.1 Å². The molecule has 7 nitrogen and oxygen atoms in total. The standard InChI is InChI=1S/C16H21F3N2O5S/c1-11(2)12-3-5-13(6-4-12)27(24,25)21-8-7-15(23)26-9-14(22)20-10-16(17,18)19/h3-6,11,21H,7-10H2,1-2H3,(H,20,22). The van der Waals surface area contributed by atoms with E-state index in [9.17, 15) is 31.2 Å². The number of sulfonamides is 1. The lowest BCUT2D eigenvalue weighted by molar-refractivity contribution is -0.151. The van der Waals surface area contributed by atoms with Gasteiger partial charge in [0, 0.05) is 6.54 Å². The summed E-state index contributed by atoms with van der Waals surface area (Å²) >= 11 is 0. The molecular formula is C16H21F3N2O5S. The second-order valence-corrected chi connectivity index (χ2v) is 7.69. The van der Waals surface area contributed by atoms with Gasteiger partial charge in [-0.05, 0) is 23.6 Å². The third kappa shape index (κ3) is 8.87. The SMILES string of the molecule is CC(C)c1ccc(S(=O)(=O)NCCC(=O)OCC(=O)NCC(F)(F)F)cc1. The highest BCUT2D eigenvalue weighted by molar-refractivity contribution is 7.89. The Hall–Kier alpha value is -2.14. The third-order valence-electron chi connectivity index (χ3n) is 3.33. The topological polar surface area (TPSA) is 102 Å². The van der Waals surface area contributed by atoms with Crippen LogP contribution >= 0.6 is 0 Å². The summed E-state index contributed by atoms with van der Waals surface area (Å²) in [7, 11) is -3.82. The molecule has 0 saturated heterocycles. The van der Waals surface area contributed by atoms with Crippen LogP contribution < -0.4 is 10.0 Å². The molecule has 2 N–H and O–H groups in total. The third-order valence-corrected chi connectivity index (χ3v) is 4.81. The van der Waals surface area contributed by atoms with Crippen molar-refractivity contribution in [1.29, 1.82) is 0 Å². The zero-order valence-corrected chi connectivity index (χ0v) is 15.6. The van der Waals surface area contributed by atoms with Gasteiger partial charge in [0.15, 0.2) is 6.61 Å². The van der Waals surface area contributed by atoms with Crippen LogP contribution in [0.4, 0.5) is 13.2 Å². The van der Waals surface area contributed by atoms with E-state index in [1.807, 2.05) is 13.8 Å². The zero-order chi connectivity index (χ0) is 20.7. The maximum Gasteiger partial charge on any atom is 0.405 e. The summed E-state index contributed by atoms with van der Waals surface area (Å²) in [4.78, 5) is 22.6. The molecule has 152 valence electrons. The first-order valence-corrected chi connectivity index (χ1v) is 9.48. The Kier molecular flexibility index (Phi) is 8.22. The molecule has 0 fully saturated rings. The Labute approximate surface area is 155 Å². The van der Waals surface area contributed by atoms with Crippen molar-refractivity contribution in [3.05, 3.63) is 29.8 Å². The molecular weight excluding hydrogens is 389 g/mol. The molecule has 1 aromatic rings. The molecule has 0 spiro atoms. The van der Waals surface area contributed by atoms with Gasteiger partial charge in [-0.1, -0.05) is 26.0 Å².